The van der Waals surface area contributed by atoms with Crippen molar-refractivity contribution in [1.82, 2.24) is 9.13 Å². The molecule has 14 aromatic carbocycles. The van der Waals surface area contributed by atoms with Crippen LogP contribution in [0.4, 0.5) is 0 Å². The number of nitrogens with zero attached hydrogens (tertiary/aromatic N) is 2. The number of aromatic nitrogens is 2. The van der Waals surface area contributed by atoms with Crippen molar-refractivity contribution < 1.29 is 0 Å². The van der Waals surface area contributed by atoms with E-state index in [1.54, 1.807) is 0 Å². The first-order valence-electron chi connectivity index (χ1n) is 31.6. The summed E-state index contributed by atoms with van der Waals surface area (Å²) in [7, 11) is 0. The van der Waals surface area contributed by atoms with Crippen LogP contribution in [0.15, 0.2) is 322 Å². The maximum absolute atomic E-state index is 2.52. The molecule has 90 heavy (non-hydrogen) atoms. The predicted molar refractivity (Wildman–Crippen MR) is 375 cm³/mol. The minimum atomic E-state index is -0.417. The van der Waals surface area contributed by atoms with Crippen LogP contribution in [-0.2, 0) is 17.3 Å². The number of hydrogen-bond acceptors (Lipinski definition) is 0. The third kappa shape index (κ3) is 7.28. The largest absolute Gasteiger partial charge is 0.309 e. The first kappa shape index (κ1) is 50.8. The van der Waals surface area contributed by atoms with Crippen LogP contribution in [0.2, 0.25) is 0 Å². The highest BCUT2D eigenvalue weighted by atomic mass is 15.0. The number of para-hydroxylation sites is 1. The predicted octanol–water partition coefficient (Wildman–Crippen LogP) is 22.4. The van der Waals surface area contributed by atoms with E-state index in [0.29, 0.717) is 0 Å². The minimum absolute atomic E-state index is 0.280. The first-order valence-corrected chi connectivity index (χ1v) is 31.6. The number of fused-ring (bicyclic) bond motifs is 19. The number of benzene rings is 14. The SMILES string of the molecule is CC1(Cc2ccc3c(c2)c2cc(-c4ccc5c(c4)C4(c6ccccc6-c6ccccc64)c4ccccc4-5)ccc2n3-c2ccc(-c3ccccc3)cc2)c2ccccc2-c2cc(-c3ccc4c(c3)c3ccccc3n4-c3ccc(-c4ccccc4)cc3)ccc21. The Balaban J connectivity index is 0.724. The third-order valence-corrected chi connectivity index (χ3v) is 20.6. The summed E-state index contributed by atoms with van der Waals surface area (Å²) < 4.78 is 4.90. The lowest BCUT2D eigenvalue weighted by molar-refractivity contribution is 0.583. The Morgan fingerprint density at radius 1 is 0.233 bits per heavy atom. The zero-order valence-electron chi connectivity index (χ0n) is 49.7. The molecule has 0 aliphatic heterocycles. The standard InChI is InChI=1S/C88H58N2/c1-87(77-27-13-8-25-70(77)73-51-61(38-46-78(73)87)62-39-48-85-75(52-62)72-26-12-17-31-83(72)89(85)65-41-33-59(34-42-65)57-18-4-2-5-19-57)55-56-32-47-84-74(50-56)76-53-63(40-49-86(76)90(84)66-43-35-60(36-44-66)58-20-6-3-7-21-58)64-37-45-71-69-24-11-16-30-81(69)88(82(71)54-64)79-28-14-9-22-67(79)68-23-10-15-29-80(68)88/h2-54H,55H2,1H3. The summed E-state index contributed by atoms with van der Waals surface area (Å²) in [5.74, 6) is 0. The van der Waals surface area contributed by atoms with Crippen LogP contribution in [0.1, 0.15) is 45.9 Å². The summed E-state index contributed by atoms with van der Waals surface area (Å²) in [5.41, 5.74) is 33.5. The van der Waals surface area contributed by atoms with Gasteiger partial charge in [-0.1, -0.05) is 250 Å². The highest BCUT2D eigenvalue weighted by molar-refractivity contribution is 6.12. The Morgan fingerprint density at radius 3 is 1.17 bits per heavy atom. The maximum Gasteiger partial charge on any atom is 0.0725 e. The molecule has 0 N–H and O–H groups in total. The molecule has 2 nitrogen and oxygen atoms in total. The molecule has 420 valence electrons. The molecule has 16 aromatic rings. The lowest BCUT2D eigenvalue weighted by Crippen LogP contribution is -2.25. The lowest BCUT2D eigenvalue weighted by Gasteiger charge is -2.30. The molecule has 0 bridgehead atoms. The van der Waals surface area contributed by atoms with Crippen molar-refractivity contribution in [2.24, 2.45) is 0 Å². The van der Waals surface area contributed by atoms with Crippen molar-refractivity contribution in [3.8, 4) is 89.3 Å². The van der Waals surface area contributed by atoms with Gasteiger partial charge in [0.1, 0.15) is 0 Å². The van der Waals surface area contributed by atoms with E-state index in [-0.39, 0.29) is 5.41 Å². The molecular weight excluding hydrogens is 1080 g/mol. The van der Waals surface area contributed by atoms with Gasteiger partial charge in [0.2, 0.25) is 0 Å². The van der Waals surface area contributed by atoms with E-state index in [0.717, 1.165) is 17.8 Å². The molecule has 2 heterocycles. The van der Waals surface area contributed by atoms with E-state index >= 15 is 0 Å². The van der Waals surface area contributed by atoms with E-state index in [9.17, 15) is 0 Å². The van der Waals surface area contributed by atoms with E-state index in [1.165, 1.54) is 160 Å². The van der Waals surface area contributed by atoms with Crippen molar-refractivity contribution in [3.05, 3.63) is 360 Å². The Labute approximate surface area is 523 Å². The van der Waals surface area contributed by atoms with Crippen molar-refractivity contribution in [2.75, 3.05) is 0 Å². The fourth-order valence-corrected chi connectivity index (χ4v) is 16.6. The first-order chi connectivity index (χ1) is 44.5. The average molecular weight is 1140 g/mol. The molecule has 1 unspecified atom stereocenters. The molecule has 0 amide bonds. The molecule has 1 atom stereocenters. The highest BCUT2D eigenvalue weighted by Gasteiger charge is 2.51. The molecule has 0 radical (unpaired) electrons. The zero-order valence-corrected chi connectivity index (χ0v) is 49.7. The molecule has 2 heteroatoms. The second-order valence-electron chi connectivity index (χ2n) is 25.3. The Kier molecular flexibility index (Phi) is 10.9. The van der Waals surface area contributed by atoms with E-state index in [4.69, 9.17) is 0 Å². The number of rotatable bonds is 8. The van der Waals surface area contributed by atoms with Gasteiger partial charge in [-0.2, -0.15) is 0 Å². The molecule has 0 fully saturated rings. The van der Waals surface area contributed by atoms with Crippen LogP contribution in [0, 0.1) is 0 Å². The average Bonchev–Trinajstić information content (AvgIpc) is 1.52. The van der Waals surface area contributed by atoms with Crippen molar-refractivity contribution >= 4 is 43.6 Å². The molecule has 2 aromatic heterocycles. The Hall–Kier alpha value is -11.3. The van der Waals surface area contributed by atoms with Crippen LogP contribution in [0.3, 0.4) is 0 Å². The zero-order chi connectivity index (χ0) is 59.2. The van der Waals surface area contributed by atoms with Crippen molar-refractivity contribution in [3.63, 3.8) is 0 Å². The van der Waals surface area contributed by atoms with Gasteiger partial charge in [0.15, 0.2) is 0 Å². The van der Waals surface area contributed by atoms with Crippen LogP contribution < -0.4 is 0 Å². The normalized spacial score (nSPS) is 14.7. The molecule has 1 spiro atoms. The van der Waals surface area contributed by atoms with Gasteiger partial charge in [-0.25, -0.2) is 0 Å². The second kappa shape index (κ2) is 19.3. The second-order valence-corrected chi connectivity index (χ2v) is 25.3. The van der Waals surface area contributed by atoms with Gasteiger partial charge < -0.3 is 9.13 Å². The summed E-state index contributed by atoms with van der Waals surface area (Å²) in [5, 5.41) is 5.01. The third-order valence-electron chi connectivity index (χ3n) is 20.6. The van der Waals surface area contributed by atoms with E-state index in [2.05, 4.69) is 338 Å². The quantitative estimate of drug-likeness (QED) is 0.144. The summed E-state index contributed by atoms with van der Waals surface area (Å²) in [6, 6.07) is 121. The Morgan fingerprint density at radius 2 is 0.600 bits per heavy atom. The summed E-state index contributed by atoms with van der Waals surface area (Å²) in [4.78, 5) is 0. The maximum atomic E-state index is 2.52. The lowest BCUT2D eigenvalue weighted by atomic mass is 9.70. The van der Waals surface area contributed by atoms with Gasteiger partial charge in [0.05, 0.1) is 27.5 Å². The molecule has 3 aliphatic carbocycles. The smallest absolute Gasteiger partial charge is 0.0725 e. The topological polar surface area (TPSA) is 9.86 Å². The molecule has 19 rings (SSSR count). The molecule has 0 saturated heterocycles. The van der Waals surface area contributed by atoms with Crippen LogP contribution in [0.5, 0.6) is 0 Å². The summed E-state index contributed by atoms with van der Waals surface area (Å²) >= 11 is 0. The summed E-state index contributed by atoms with van der Waals surface area (Å²) in [6.45, 7) is 2.48. The summed E-state index contributed by atoms with van der Waals surface area (Å²) in [6.07, 6.45) is 0.846. The molecule has 0 saturated carbocycles. The Bertz CT molecular complexity index is 5560. The monoisotopic (exact) mass is 1140 g/mol. The minimum Gasteiger partial charge on any atom is -0.309 e. The highest BCUT2D eigenvalue weighted by Crippen LogP contribution is 2.63. The van der Waals surface area contributed by atoms with Gasteiger partial charge in [-0.3, -0.25) is 0 Å². The van der Waals surface area contributed by atoms with Gasteiger partial charge in [-0.05, 0) is 202 Å². The van der Waals surface area contributed by atoms with E-state index in [1.807, 2.05) is 0 Å². The van der Waals surface area contributed by atoms with Gasteiger partial charge in [0.25, 0.3) is 0 Å². The van der Waals surface area contributed by atoms with Crippen LogP contribution in [-0.4, -0.2) is 9.13 Å². The molecular formula is C88H58N2. The fraction of sp³-hybridized carbons (Fsp3) is 0.0455. The fourth-order valence-electron chi connectivity index (χ4n) is 16.6. The van der Waals surface area contributed by atoms with Gasteiger partial charge in [0, 0.05) is 38.3 Å². The van der Waals surface area contributed by atoms with Crippen LogP contribution >= 0.6 is 0 Å². The van der Waals surface area contributed by atoms with Gasteiger partial charge in [-0.15, -0.1) is 0 Å². The van der Waals surface area contributed by atoms with Crippen molar-refractivity contribution in [2.45, 2.75) is 24.2 Å². The molecule has 3 aliphatic rings. The number of hydrogen-bond donors (Lipinski definition) is 0. The van der Waals surface area contributed by atoms with Crippen molar-refractivity contribution in [1.29, 1.82) is 0 Å². The van der Waals surface area contributed by atoms with Gasteiger partial charge >= 0.3 is 0 Å². The van der Waals surface area contributed by atoms with E-state index < -0.39 is 5.41 Å². The van der Waals surface area contributed by atoms with Crippen LogP contribution in [0.25, 0.3) is 133 Å².